The van der Waals surface area contributed by atoms with Crippen LogP contribution in [-0.4, -0.2) is 53.7 Å². The van der Waals surface area contributed by atoms with Gasteiger partial charge >= 0.3 is 0 Å². The summed E-state index contributed by atoms with van der Waals surface area (Å²) in [5.41, 5.74) is 1.70. The summed E-state index contributed by atoms with van der Waals surface area (Å²) in [4.78, 5) is 29.7. The summed E-state index contributed by atoms with van der Waals surface area (Å²) in [6.07, 6.45) is 0. The van der Waals surface area contributed by atoms with Gasteiger partial charge in [-0.2, -0.15) is 0 Å². The van der Waals surface area contributed by atoms with Gasteiger partial charge in [0.1, 0.15) is 35.4 Å². The maximum atomic E-state index is 14.3. The first-order valence-corrected chi connectivity index (χ1v) is 12.4. The number of anilines is 1. The number of methoxy groups -OCH3 is 3. The van der Waals surface area contributed by atoms with E-state index in [4.69, 9.17) is 14.2 Å². The molecule has 204 valence electrons. The van der Waals surface area contributed by atoms with Crippen molar-refractivity contribution in [3.8, 4) is 17.2 Å². The zero-order valence-corrected chi connectivity index (χ0v) is 23.0. The highest BCUT2D eigenvalue weighted by atomic mass is 16.5. The summed E-state index contributed by atoms with van der Waals surface area (Å²) in [6.45, 7) is 5.47. The van der Waals surface area contributed by atoms with Crippen LogP contribution in [0.25, 0.3) is 11.0 Å². The molecular weight excluding hydrogens is 498 g/mol. The van der Waals surface area contributed by atoms with Gasteiger partial charge in [-0.15, -0.1) is 5.10 Å². The van der Waals surface area contributed by atoms with Crippen molar-refractivity contribution in [3.05, 3.63) is 72.3 Å². The second-order valence-electron chi connectivity index (χ2n) is 9.96. The van der Waals surface area contributed by atoms with Crippen molar-refractivity contribution in [2.45, 2.75) is 38.9 Å². The number of benzene rings is 3. The van der Waals surface area contributed by atoms with E-state index >= 15 is 0 Å². The van der Waals surface area contributed by atoms with Crippen LogP contribution in [0, 0.1) is 0 Å². The van der Waals surface area contributed by atoms with Crippen molar-refractivity contribution in [2.24, 2.45) is 0 Å². The first-order valence-electron chi connectivity index (χ1n) is 12.4. The van der Waals surface area contributed by atoms with Crippen molar-refractivity contribution in [2.75, 3.05) is 26.2 Å². The van der Waals surface area contributed by atoms with Gasteiger partial charge in [0.2, 0.25) is 11.8 Å². The largest absolute Gasteiger partial charge is 0.497 e. The van der Waals surface area contributed by atoms with E-state index in [0.29, 0.717) is 39.5 Å². The Hall–Kier alpha value is -4.60. The van der Waals surface area contributed by atoms with Crippen LogP contribution in [0.1, 0.15) is 32.4 Å². The van der Waals surface area contributed by atoms with Crippen molar-refractivity contribution in [1.29, 1.82) is 0 Å². The second kappa shape index (κ2) is 11.4. The summed E-state index contributed by atoms with van der Waals surface area (Å²) < 4.78 is 18.1. The Bertz CT molecular complexity index is 1480. The van der Waals surface area contributed by atoms with E-state index in [1.54, 1.807) is 49.6 Å². The highest BCUT2D eigenvalue weighted by molar-refractivity contribution is 6.03. The molecule has 10 nitrogen and oxygen atoms in total. The van der Waals surface area contributed by atoms with Gasteiger partial charge in [-0.3, -0.25) is 14.5 Å². The van der Waals surface area contributed by atoms with Gasteiger partial charge in [0, 0.05) is 11.6 Å². The average molecular weight is 532 g/mol. The Labute approximate surface area is 227 Å². The molecule has 1 heterocycles. The molecule has 2 amide bonds. The van der Waals surface area contributed by atoms with Gasteiger partial charge in [0.15, 0.2) is 0 Å². The molecule has 0 aliphatic rings. The Morgan fingerprint density at radius 3 is 2.33 bits per heavy atom. The Morgan fingerprint density at radius 1 is 0.923 bits per heavy atom. The van der Waals surface area contributed by atoms with Gasteiger partial charge in [-0.25, -0.2) is 4.68 Å². The van der Waals surface area contributed by atoms with Crippen LogP contribution < -0.4 is 24.4 Å². The standard InChI is InChI=1S/C29H33N5O5/c1-29(2,3)30-28(36)27(19-10-9-11-20(16-19)37-4)34(24-17-21(38-5)14-15-25(24)39-6)26(35)18-33-23-13-8-7-12-22(23)31-32-33/h7-17,27H,18H2,1-6H3,(H,30,36)/t27-/m1/s1. The Kier molecular flexibility index (Phi) is 8.04. The molecule has 1 N–H and O–H groups in total. The third-order valence-electron chi connectivity index (χ3n) is 6.03. The summed E-state index contributed by atoms with van der Waals surface area (Å²) in [6, 6.07) is 18.5. The monoisotopic (exact) mass is 531 g/mol. The molecule has 39 heavy (non-hydrogen) atoms. The fraction of sp³-hybridized carbons (Fsp3) is 0.310. The van der Waals surface area contributed by atoms with Gasteiger partial charge in [-0.05, 0) is 62.7 Å². The molecule has 0 radical (unpaired) electrons. The number of aromatic nitrogens is 3. The average Bonchev–Trinajstić information content (AvgIpc) is 3.32. The van der Waals surface area contributed by atoms with Crippen LogP contribution in [0.4, 0.5) is 5.69 Å². The summed E-state index contributed by atoms with van der Waals surface area (Å²) in [5, 5.41) is 11.4. The maximum Gasteiger partial charge on any atom is 0.249 e. The fourth-order valence-corrected chi connectivity index (χ4v) is 4.31. The van der Waals surface area contributed by atoms with Gasteiger partial charge in [0.25, 0.3) is 0 Å². The molecule has 0 bridgehead atoms. The molecule has 0 saturated carbocycles. The normalized spacial score (nSPS) is 12.1. The van der Waals surface area contributed by atoms with E-state index in [1.165, 1.54) is 23.8 Å². The van der Waals surface area contributed by atoms with E-state index in [-0.39, 0.29) is 12.5 Å². The lowest BCUT2D eigenvalue weighted by Crippen LogP contribution is -2.50. The predicted molar refractivity (Wildman–Crippen MR) is 148 cm³/mol. The fourth-order valence-electron chi connectivity index (χ4n) is 4.31. The number of hydrogen-bond acceptors (Lipinski definition) is 7. The predicted octanol–water partition coefficient (Wildman–Crippen LogP) is 4.15. The van der Waals surface area contributed by atoms with Crippen molar-refractivity contribution in [3.63, 3.8) is 0 Å². The van der Waals surface area contributed by atoms with Crippen LogP contribution in [0.3, 0.4) is 0 Å². The van der Waals surface area contributed by atoms with Crippen LogP contribution in [-0.2, 0) is 16.1 Å². The number of fused-ring (bicyclic) bond motifs is 1. The van der Waals surface area contributed by atoms with Crippen LogP contribution in [0.5, 0.6) is 17.2 Å². The molecule has 10 heteroatoms. The number of para-hydroxylation sites is 1. The molecule has 1 aromatic heterocycles. The van der Waals surface area contributed by atoms with E-state index in [2.05, 4.69) is 15.6 Å². The Balaban J connectivity index is 1.92. The zero-order valence-electron chi connectivity index (χ0n) is 23.0. The first-order chi connectivity index (χ1) is 18.6. The molecule has 0 fully saturated rings. The number of nitrogens with zero attached hydrogens (tertiary/aromatic N) is 4. The topological polar surface area (TPSA) is 108 Å². The highest BCUT2D eigenvalue weighted by Crippen LogP contribution is 2.38. The molecular formula is C29H33N5O5. The molecule has 0 aliphatic carbocycles. The maximum absolute atomic E-state index is 14.3. The summed E-state index contributed by atoms with van der Waals surface area (Å²) in [5.74, 6) is 0.652. The molecule has 0 spiro atoms. The van der Waals surface area contributed by atoms with E-state index in [0.717, 1.165) is 0 Å². The lowest BCUT2D eigenvalue weighted by Gasteiger charge is -2.34. The minimum absolute atomic E-state index is 0.176. The number of carbonyl (C=O) groups excluding carboxylic acids is 2. The summed E-state index contributed by atoms with van der Waals surface area (Å²) >= 11 is 0. The lowest BCUT2D eigenvalue weighted by molar-refractivity contribution is -0.128. The van der Waals surface area contributed by atoms with Crippen molar-refractivity contribution >= 4 is 28.5 Å². The zero-order chi connectivity index (χ0) is 28.2. The molecule has 1 atom stereocenters. The number of hydrogen-bond donors (Lipinski definition) is 1. The van der Waals surface area contributed by atoms with Crippen LogP contribution >= 0.6 is 0 Å². The number of ether oxygens (including phenoxy) is 3. The molecule has 4 rings (SSSR count). The quantitative estimate of drug-likeness (QED) is 0.346. The van der Waals surface area contributed by atoms with E-state index in [9.17, 15) is 9.59 Å². The third kappa shape index (κ3) is 6.11. The second-order valence-corrected chi connectivity index (χ2v) is 9.96. The van der Waals surface area contributed by atoms with Crippen LogP contribution in [0.2, 0.25) is 0 Å². The van der Waals surface area contributed by atoms with Gasteiger partial charge < -0.3 is 19.5 Å². The van der Waals surface area contributed by atoms with Gasteiger partial charge in [-0.1, -0.05) is 29.5 Å². The minimum Gasteiger partial charge on any atom is -0.497 e. The first kappa shape index (κ1) is 27.4. The molecule has 0 saturated heterocycles. The summed E-state index contributed by atoms with van der Waals surface area (Å²) in [7, 11) is 4.59. The van der Waals surface area contributed by atoms with Gasteiger partial charge in [0.05, 0.1) is 32.5 Å². The lowest BCUT2D eigenvalue weighted by atomic mass is 10.00. The minimum atomic E-state index is -1.08. The highest BCUT2D eigenvalue weighted by Gasteiger charge is 2.36. The van der Waals surface area contributed by atoms with E-state index in [1.807, 2.05) is 45.0 Å². The smallest absolute Gasteiger partial charge is 0.249 e. The number of rotatable bonds is 9. The number of carbonyl (C=O) groups is 2. The molecule has 3 aromatic carbocycles. The van der Waals surface area contributed by atoms with Crippen LogP contribution in [0.15, 0.2) is 66.7 Å². The van der Waals surface area contributed by atoms with Crippen molar-refractivity contribution < 1.29 is 23.8 Å². The van der Waals surface area contributed by atoms with Crippen molar-refractivity contribution in [1.82, 2.24) is 20.3 Å². The van der Waals surface area contributed by atoms with E-state index < -0.39 is 17.5 Å². The Morgan fingerprint density at radius 2 is 1.64 bits per heavy atom. The molecule has 4 aromatic rings. The molecule has 0 aliphatic heterocycles. The molecule has 0 unspecified atom stereocenters. The number of amides is 2. The third-order valence-corrected chi connectivity index (χ3v) is 6.03. The number of nitrogens with one attached hydrogen (secondary N) is 1. The SMILES string of the molecule is COc1cccc([C@H](C(=O)NC(C)(C)C)N(C(=O)Cn2nnc3ccccc32)c2cc(OC)ccc2OC)c1.